The van der Waals surface area contributed by atoms with Gasteiger partial charge in [0.25, 0.3) is 0 Å². The summed E-state index contributed by atoms with van der Waals surface area (Å²) in [5.74, 6) is 0. The maximum atomic E-state index is 12.5. The van der Waals surface area contributed by atoms with E-state index in [-0.39, 0.29) is 10.9 Å². The van der Waals surface area contributed by atoms with Crippen LogP contribution in [0.15, 0.2) is 33.9 Å². The zero-order valence-electron chi connectivity index (χ0n) is 11.8. The quantitative estimate of drug-likeness (QED) is 0.818. The molecule has 1 atom stereocenters. The molecule has 7 heteroatoms. The van der Waals surface area contributed by atoms with Gasteiger partial charge in [-0.25, -0.2) is 13.1 Å². The molecule has 1 aromatic heterocycles. The summed E-state index contributed by atoms with van der Waals surface area (Å²) < 4.78 is 27.6. The Morgan fingerprint density at radius 1 is 1.43 bits per heavy atom. The lowest BCUT2D eigenvalue weighted by Gasteiger charge is -2.16. The van der Waals surface area contributed by atoms with Crippen LogP contribution in [0.4, 0.5) is 5.69 Å². The number of benzene rings is 1. The number of anilines is 1. The maximum absolute atomic E-state index is 12.5. The zero-order valence-corrected chi connectivity index (χ0v) is 14.1. The molecule has 2 aromatic rings. The summed E-state index contributed by atoms with van der Waals surface area (Å²) in [6.07, 6.45) is 0.637. The largest absolute Gasteiger partial charge is 0.398 e. The van der Waals surface area contributed by atoms with Crippen LogP contribution in [0, 0.1) is 6.92 Å². The van der Waals surface area contributed by atoms with Crippen LogP contribution in [0.2, 0.25) is 5.02 Å². The van der Waals surface area contributed by atoms with Crippen LogP contribution in [0.1, 0.15) is 18.1 Å². The molecular formula is C14H17ClN2O2S2. The first-order valence-electron chi connectivity index (χ1n) is 6.38. The van der Waals surface area contributed by atoms with Crippen molar-refractivity contribution in [3.8, 4) is 0 Å². The monoisotopic (exact) mass is 344 g/mol. The second-order valence-corrected chi connectivity index (χ2v) is 7.88. The predicted molar refractivity (Wildman–Crippen MR) is 88.4 cm³/mol. The standard InChI is InChI=1S/C14H17ClN2O2S2/c1-9(5-11-3-4-20-8-11)17-21(18,19)14-7-12(15)6-13(16)10(14)2/h3-4,6-9,17H,5,16H2,1-2H3. The molecule has 1 aromatic carbocycles. The van der Waals surface area contributed by atoms with Gasteiger partial charge in [0.2, 0.25) is 10.0 Å². The number of nitrogens with two attached hydrogens (primary N) is 1. The van der Waals surface area contributed by atoms with Crippen LogP contribution in [-0.2, 0) is 16.4 Å². The SMILES string of the molecule is Cc1c(N)cc(Cl)cc1S(=O)(=O)NC(C)Cc1ccsc1. The lowest BCUT2D eigenvalue weighted by Crippen LogP contribution is -2.34. The number of sulfonamides is 1. The Hall–Kier alpha value is -1.08. The van der Waals surface area contributed by atoms with E-state index in [0.29, 0.717) is 22.7 Å². The van der Waals surface area contributed by atoms with Gasteiger partial charge in [0.1, 0.15) is 0 Å². The molecule has 0 saturated carbocycles. The molecule has 114 valence electrons. The molecule has 1 heterocycles. The summed E-state index contributed by atoms with van der Waals surface area (Å²) in [5, 5.41) is 4.29. The highest BCUT2D eigenvalue weighted by atomic mass is 35.5. The van der Waals surface area contributed by atoms with E-state index in [4.69, 9.17) is 17.3 Å². The molecule has 4 nitrogen and oxygen atoms in total. The Labute approximate surface area is 134 Å². The van der Waals surface area contributed by atoms with E-state index in [1.54, 1.807) is 24.3 Å². The summed E-state index contributed by atoms with van der Waals surface area (Å²) in [6, 6.07) is 4.74. The molecule has 0 aliphatic rings. The molecule has 0 fully saturated rings. The second kappa shape index (κ2) is 6.36. The number of nitrogen functional groups attached to an aromatic ring is 1. The van der Waals surface area contributed by atoms with Gasteiger partial charge in [0.15, 0.2) is 0 Å². The molecule has 21 heavy (non-hydrogen) atoms. The molecule has 0 radical (unpaired) electrons. The summed E-state index contributed by atoms with van der Waals surface area (Å²) in [5.41, 5.74) is 7.77. The van der Waals surface area contributed by atoms with Crippen molar-refractivity contribution in [1.29, 1.82) is 0 Å². The highest BCUT2D eigenvalue weighted by Gasteiger charge is 2.21. The molecule has 1 unspecified atom stereocenters. The highest BCUT2D eigenvalue weighted by Crippen LogP contribution is 2.26. The fourth-order valence-corrected chi connectivity index (χ4v) is 4.60. The second-order valence-electron chi connectivity index (χ2n) is 4.98. The van der Waals surface area contributed by atoms with Crippen molar-refractivity contribution < 1.29 is 8.42 Å². The van der Waals surface area contributed by atoms with Crippen molar-refractivity contribution in [2.24, 2.45) is 0 Å². The summed E-state index contributed by atoms with van der Waals surface area (Å²) in [7, 11) is -3.65. The van der Waals surface area contributed by atoms with Crippen molar-refractivity contribution in [3.05, 3.63) is 45.1 Å². The van der Waals surface area contributed by atoms with E-state index in [0.717, 1.165) is 5.56 Å². The Morgan fingerprint density at radius 3 is 2.76 bits per heavy atom. The van der Waals surface area contributed by atoms with E-state index < -0.39 is 10.0 Å². The number of nitrogens with one attached hydrogen (secondary N) is 1. The van der Waals surface area contributed by atoms with Crippen molar-refractivity contribution >= 4 is 38.6 Å². The van der Waals surface area contributed by atoms with Gasteiger partial charge >= 0.3 is 0 Å². The third-order valence-corrected chi connectivity index (χ3v) is 5.80. The van der Waals surface area contributed by atoms with Crippen LogP contribution >= 0.6 is 22.9 Å². The van der Waals surface area contributed by atoms with Crippen LogP contribution in [0.3, 0.4) is 0 Å². The third-order valence-electron chi connectivity index (χ3n) is 3.13. The fourth-order valence-electron chi connectivity index (χ4n) is 2.09. The van der Waals surface area contributed by atoms with Crippen molar-refractivity contribution in [1.82, 2.24) is 4.72 Å². The van der Waals surface area contributed by atoms with E-state index in [1.165, 1.54) is 6.07 Å². The first-order chi connectivity index (χ1) is 9.79. The molecule has 0 aliphatic heterocycles. The molecule has 2 rings (SSSR count). The lowest BCUT2D eigenvalue weighted by atomic mass is 10.1. The topological polar surface area (TPSA) is 72.2 Å². The van der Waals surface area contributed by atoms with Crippen LogP contribution in [-0.4, -0.2) is 14.5 Å². The average molecular weight is 345 g/mol. The van der Waals surface area contributed by atoms with Gasteiger partial charge in [0, 0.05) is 16.8 Å². The molecule has 0 saturated heterocycles. The van der Waals surface area contributed by atoms with E-state index in [2.05, 4.69) is 4.72 Å². The first kappa shape index (κ1) is 16.3. The van der Waals surface area contributed by atoms with E-state index in [9.17, 15) is 8.42 Å². The van der Waals surface area contributed by atoms with Gasteiger partial charge < -0.3 is 5.73 Å². The molecule has 0 bridgehead atoms. The van der Waals surface area contributed by atoms with Crippen molar-refractivity contribution in [2.45, 2.75) is 31.2 Å². The fraction of sp³-hybridized carbons (Fsp3) is 0.286. The third kappa shape index (κ3) is 3.97. The zero-order chi connectivity index (χ0) is 15.6. The lowest BCUT2D eigenvalue weighted by molar-refractivity contribution is 0.559. The van der Waals surface area contributed by atoms with Gasteiger partial charge in [-0.05, 0) is 60.4 Å². The van der Waals surface area contributed by atoms with Gasteiger partial charge in [-0.15, -0.1) is 0 Å². The van der Waals surface area contributed by atoms with Crippen molar-refractivity contribution in [3.63, 3.8) is 0 Å². The maximum Gasteiger partial charge on any atom is 0.241 e. The number of thiophene rings is 1. The first-order valence-corrected chi connectivity index (χ1v) is 9.19. The highest BCUT2D eigenvalue weighted by molar-refractivity contribution is 7.89. The molecule has 0 aliphatic carbocycles. The summed E-state index contributed by atoms with van der Waals surface area (Å²) >= 11 is 7.50. The number of hydrogen-bond acceptors (Lipinski definition) is 4. The summed E-state index contributed by atoms with van der Waals surface area (Å²) in [4.78, 5) is 0.129. The molecule has 0 spiro atoms. The Kier molecular flexibility index (Phi) is 4.93. The van der Waals surface area contributed by atoms with E-state index >= 15 is 0 Å². The minimum atomic E-state index is -3.65. The van der Waals surface area contributed by atoms with Gasteiger partial charge in [0.05, 0.1) is 4.90 Å². The Morgan fingerprint density at radius 2 is 2.14 bits per heavy atom. The van der Waals surface area contributed by atoms with Crippen LogP contribution in [0.25, 0.3) is 0 Å². The number of rotatable bonds is 5. The predicted octanol–water partition coefficient (Wildman–Crippen LogP) is 3.20. The minimum Gasteiger partial charge on any atom is -0.398 e. The van der Waals surface area contributed by atoms with Crippen molar-refractivity contribution in [2.75, 3.05) is 5.73 Å². The molecule has 0 amide bonds. The summed E-state index contributed by atoms with van der Waals surface area (Å²) in [6.45, 7) is 3.50. The van der Waals surface area contributed by atoms with Crippen LogP contribution < -0.4 is 10.5 Å². The number of hydrogen-bond donors (Lipinski definition) is 2. The Balaban J connectivity index is 2.22. The molecule has 3 N–H and O–H groups in total. The van der Waals surface area contributed by atoms with E-state index in [1.807, 2.05) is 23.8 Å². The smallest absolute Gasteiger partial charge is 0.241 e. The van der Waals surface area contributed by atoms with Gasteiger partial charge in [-0.2, -0.15) is 11.3 Å². The normalized spacial score (nSPS) is 13.3. The number of halogens is 1. The van der Waals surface area contributed by atoms with Gasteiger partial charge in [-0.3, -0.25) is 0 Å². The Bertz CT molecular complexity index is 728. The molecular weight excluding hydrogens is 328 g/mol. The minimum absolute atomic E-state index is 0.129. The van der Waals surface area contributed by atoms with Crippen LogP contribution in [0.5, 0.6) is 0 Å². The van der Waals surface area contributed by atoms with Gasteiger partial charge in [-0.1, -0.05) is 11.6 Å². The average Bonchev–Trinajstić information content (AvgIpc) is 2.85.